The molecule has 2 amide bonds. The lowest BCUT2D eigenvalue weighted by atomic mass is 10.0. The fourth-order valence-electron chi connectivity index (χ4n) is 1.58. The number of carbonyl (C=O) groups is 4. The molecule has 0 aromatic rings. The van der Waals surface area contributed by atoms with Gasteiger partial charge in [-0.25, -0.2) is 14.5 Å². The van der Waals surface area contributed by atoms with Crippen LogP contribution in [0.3, 0.4) is 0 Å². The van der Waals surface area contributed by atoms with Crippen LogP contribution in [0.2, 0.25) is 0 Å². The number of carboxylic acids is 2. The van der Waals surface area contributed by atoms with Crippen molar-refractivity contribution < 1.29 is 34.1 Å². The summed E-state index contributed by atoms with van der Waals surface area (Å²) in [4.78, 5) is 47.1. The minimum atomic E-state index is -1.90. The molecule has 0 rings (SSSR count). The normalized spacial score (nSPS) is 14.0. The topological polar surface area (TPSA) is 147 Å². The molecule has 0 radical (unpaired) electrons. The highest BCUT2D eigenvalue weighted by atomic mass is 16.6. The summed E-state index contributed by atoms with van der Waals surface area (Å²) in [6.45, 7) is 7.82. The maximum Gasteiger partial charge on any atom is 0.417 e. The van der Waals surface area contributed by atoms with Gasteiger partial charge in [0.1, 0.15) is 5.60 Å². The molecule has 9 nitrogen and oxygen atoms in total. The van der Waals surface area contributed by atoms with Crippen molar-refractivity contribution in [2.75, 3.05) is 0 Å². The van der Waals surface area contributed by atoms with E-state index in [9.17, 15) is 24.3 Å². The number of aliphatic carboxylic acids is 2. The first-order valence-corrected chi connectivity index (χ1v) is 7.04. The summed E-state index contributed by atoms with van der Waals surface area (Å²) in [6, 6.07) is -3.07. The molecule has 2 atom stereocenters. The Bertz CT molecular complexity index is 482. The van der Waals surface area contributed by atoms with Crippen LogP contribution in [0.15, 0.2) is 0 Å². The highest BCUT2D eigenvalue weighted by molar-refractivity contribution is 6.00. The summed E-state index contributed by atoms with van der Waals surface area (Å²) < 4.78 is 5.02. The number of carbonyl (C=O) groups excluding carboxylic acids is 2. The van der Waals surface area contributed by atoms with E-state index in [1.54, 1.807) is 13.8 Å². The molecule has 2 unspecified atom stereocenters. The average molecular weight is 332 g/mol. The Morgan fingerprint density at radius 3 is 1.91 bits per heavy atom. The second-order valence-electron chi connectivity index (χ2n) is 6.41. The second-order valence-corrected chi connectivity index (χ2v) is 6.41. The Morgan fingerprint density at radius 1 is 1.13 bits per heavy atom. The minimum Gasteiger partial charge on any atom is -0.481 e. The zero-order valence-electron chi connectivity index (χ0n) is 13.9. The molecule has 0 aromatic heterocycles. The Balaban J connectivity index is 5.76. The van der Waals surface area contributed by atoms with Gasteiger partial charge in [0.05, 0.1) is 12.5 Å². The van der Waals surface area contributed by atoms with Gasteiger partial charge in [0.2, 0.25) is 5.91 Å². The molecule has 0 aliphatic carbocycles. The Kier molecular flexibility index (Phi) is 7.17. The third-order valence-electron chi connectivity index (χ3n) is 2.80. The minimum absolute atomic E-state index is 0.284. The number of ether oxygens (including phenoxy) is 1. The van der Waals surface area contributed by atoms with E-state index in [-0.39, 0.29) is 10.8 Å². The Morgan fingerprint density at radius 2 is 1.61 bits per heavy atom. The first kappa shape index (κ1) is 20.8. The Labute approximate surface area is 134 Å². The fourth-order valence-corrected chi connectivity index (χ4v) is 1.58. The van der Waals surface area contributed by atoms with Gasteiger partial charge in [-0.15, -0.1) is 0 Å². The summed E-state index contributed by atoms with van der Waals surface area (Å²) in [5, 5.41) is 18.0. The first-order chi connectivity index (χ1) is 10.3. The first-order valence-electron chi connectivity index (χ1n) is 7.04. The third kappa shape index (κ3) is 6.64. The smallest absolute Gasteiger partial charge is 0.417 e. The van der Waals surface area contributed by atoms with E-state index in [1.165, 1.54) is 20.8 Å². The highest BCUT2D eigenvalue weighted by Gasteiger charge is 2.41. The molecule has 0 heterocycles. The molecule has 0 aromatic carbocycles. The third-order valence-corrected chi connectivity index (χ3v) is 2.80. The molecule has 4 N–H and O–H groups in total. The number of hydrogen-bond donors (Lipinski definition) is 3. The molecule has 0 spiro atoms. The van der Waals surface area contributed by atoms with Gasteiger partial charge in [0, 0.05) is 0 Å². The van der Waals surface area contributed by atoms with Crippen LogP contribution in [-0.2, 0) is 19.1 Å². The highest BCUT2D eigenvalue weighted by Crippen LogP contribution is 2.17. The number of nitrogens with zero attached hydrogens (tertiary/aromatic N) is 1. The molecular formula is C14H24N2O7. The SMILES string of the molecule is CC(C)C(N)C(=O)N(C(=O)OC(C)(C)C)C(CC(=O)O)C(=O)O. The lowest BCUT2D eigenvalue weighted by Gasteiger charge is -2.31. The molecule has 0 saturated carbocycles. The van der Waals surface area contributed by atoms with Crippen LogP contribution in [0.1, 0.15) is 41.0 Å². The van der Waals surface area contributed by atoms with Crippen LogP contribution in [0, 0.1) is 5.92 Å². The number of amides is 2. The van der Waals surface area contributed by atoms with Gasteiger partial charge < -0.3 is 20.7 Å². The van der Waals surface area contributed by atoms with Crippen molar-refractivity contribution in [3.63, 3.8) is 0 Å². The lowest BCUT2D eigenvalue weighted by molar-refractivity contribution is -0.154. The standard InChI is InChI=1S/C14H24N2O7/c1-7(2)10(15)11(19)16(13(22)23-14(3,4)5)8(12(20)21)6-9(17)18/h7-8,10H,6,15H2,1-5H3,(H,17,18)(H,20,21). The largest absolute Gasteiger partial charge is 0.481 e. The van der Waals surface area contributed by atoms with Gasteiger partial charge in [0.15, 0.2) is 6.04 Å². The quantitative estimate of drug-likeness (QED) is 0.642. The van der Waals surface area contributed by atoms with Gasteiger partial charge in [-0.3, -0.25) is 9.59 Å². The van der Waals surface area contributed by atoms with E-state index >= 15 is 0 Å². The summed E-state index contributed by atoms with van der Waals surface area (Å²) in [6.07, 6.45) is -2.20. The number of rotatable bonds is 6. The van der Waals surface area contributed by atoms with E-state index in [0.29, 0.717) is 0 Å². The van der Waals surface area contributed by atoms with E-state index < -0.39 is 48.0 Å². The summed E-state index contributed by atoms with van der Waals surface area (Å²) >= 11 is 0. The van der Waals surface area contributed by atoms with Gasteiger partial charge in [-0.2, -0.15) is 0 Å². The molecule has 0 saturated heterocycles. The molecule has 0 fully saturated rings. The number of carboxylic acid groups (broad SMARTS) is 2. The second kappa shape index (κ2) is 7.91. The summed E-state index contributed by atoms with van der Waals surface area (Å²) in [7, 11) is 0. The lowest BCUT2D eigenvalue weighted by Crippen LogP contribution is -2.57. The predicted molar refractivity (Wildman–Crippen MR) is 79.6 cm³/mol. The van der Waals surface area contributed by atoms with E-state index in [1.807, 2.05) is 0 Å². The van der Waals surface area contributed by atoms with E-state index in [2.05, 4.69) is 0 Å². The molecule has 0 aliphatic rings. The van der Waals surface area contributed by atoms with Crippen LogP contribution in [0.4, 0.5) is 4.79 Å². The Hall–Kier alpha value is -2.16. The molecule has 9 heteroatoms. The summed E-state index contributed by atoms with van der Waals surface area (Å²) in [5.41, 5.74) is 4.70. The van der Waals surface area contributed by atoms with Crippen molar-refractivity contribution in [1.82, 2.24) is 4.90 Å². The number of nitrogens with two attached hydrogens (primary N) is 1. The number of hydrogen-bond acceptors (Lipinski definition) is 6. The van der Waals surface area contributed by atoms with Crippen molar-refractivity contribution >= 4 is 23.9 Å². The van der Waals surface area contributed by atoms with Crippen molar-refractivity contribution in [3.05, 3.63) is 0 Å². The molecule has 0 bridgehead atoms. The van der Waals surface area contributed by atoms with Gasteiger partial charge >= 0.3 is 18.0 Å². The predicted octanol–water partition coefficient (Wildman–Crippen LogP) is 0.661. The molecular weight excluding hydrogens is 308 g/mol. The van der Waals surface area contributed by atoms with E-state index in [4.69, 9.17) is 15.6 Å². The van der Waals surface area contributed by atoms with Gasteiger partial charge in [-0.1, -0.05) is 13.8 Å². The van der Waals surface area contributed by atoms with Crippen molar-refractivity contribution in [2.24, 2.45) is 11.7 Å². The van der Waals surface area contributed by atoms with Crippen LogP contribution < -0.4 is 5.73 Å². The van der Waals surface area contributed by atoms with Crippen LogP contribution in [0.5, 0.6) is 0 Å². The monoisotopic (exact) mass is 332 g/mol. The van der Waals surface area contributed by atoms with Crippen LogP contribution >= 0.6 is 0 Å². The van der Waals surface area contributed by atoms with Crippen molar-refractivity contribution in [3.8, 4) is 0 Å². The summed E-state index contributed by atoms with van der Waals surface area (Å²) in [5.74, 6) is -4.49. The number of imide groups is 1. The fraction of sp³-hybridized carbons (Fsp3) is 0.714. The van der Waals surface area contributed by atoms with Crippen LogP contribution in [-0.4, -0.2) is 56.7 Å². The van der Waals surface area contributed by atoms with Crippen LogP contribution in [0.25, 0.3) is 0 Å². The average Bonchev–Trinajstić information content (AvgIpc) is 2.33. The van der Waals surface area contributed by atoms with Gasteiger partial charge in [0.25, 0.3) is 0 Å². The molecule has 0 aliphatic heterocycles. The van der Waals surface area contributed by atoms with E-state index in [0.717, 1.165) is 0 Å². The molecule has 132 valence electrons. The van der Waals surface area contributed by atoms with Crippen molar-refractivity contribution in [1.29, 1.82) is 0 Å². The van der Waals surface area contributed by atoms with Crippen molar-refractivity contribution in [2.45, 2.75) is 58.7 Å². The maximum atomic E-state index is 12.4. The molecule has 23 heavy (non-hydrogen) atoms. The zero-order chi connectivity index (χ0) is 18.5. The van der Waals surface area contributed by atoms with Gasteiger partial charge in [-0.05, 0) is 26.7 Å². The zero-order valence-corrected chi connectivity index (χ0v) is 13.9. The maximum absolute atomic E-state index is 12.4.